The molecule has 2 fully saturated rings. The number of aliphatic imine (C=N–C) groups is 1. The minimum atomic E-state index is -1.03. The number of nitrogens with one attached hydrogen (secondary N) is 3. The zero-order valence-corrected chi connectivity index (χ0v) is 17.4. The Balaban J connectivity index is 1.82. The second-order valence-corrected chi connectivity index (χ2v) is 7.80. The number of halogens is 1. The van der Waals surface area contributed by atoms with Crippen molar-refractivity contribution in [3.05, 3.63) is 36.1 Å². The predicted octanol–water partition coefficient (Wildman–Crippen LogP) is 2.47. The van der Waals surface area contributed by atoms with Crippen molar-refractivity contribution in [2.75, 3.05) is 45.8 Å². The van der Waals surface area contributed by atoms with Gasteiger partial charge < -0.3 is 21.7 Å². The van der Waals surface area contributed by atoms with E-state index < -0.39 is 5.67 Å². The van der Waals surface area contributed by atoms with Crippen molar-refractivity contribution in [3.8, 4) is 0 Å². The molecule has 28 heavy (non-hydrogen) atoms. The first kappa shape index (κ1) is 22.8. The van der Waals surface area contributed by atoms with Crippen molar-refractivity contribution < 1.29 is 4.39 Å². The van der Waals surface area contributed by atoms with Crippen molar-refractivity contribution in [2.45, 2.75) is 44.7 Å². The van der Waals surface area contributed by atoms with E-state index in [1.54, 1.807) is 6.20 Å². The second-order valence-electron chi connectivity index (χ2n) is 7.80. The van der Waals surface area contributed by atoms with Gasteiger partial charge in [-0.05, 0) is 101 Å². The third-order valence-electron chi connectivity index (χ3n) is 5.72. The number of rotatable bonds is 10. The average Bonchev–Trinajstić information content (AvgIpc) is 2.71. The van der Waals surface area contributed by atoms with E-state index in [0.29, 0.717) is 38.3 Å². The molecule has 2 saturated heterocycles. The van der Waals surface area contributed by atoms with Crippen LogP contribution in [0.5, 0.6) is 0 Å². The molecular formula is C22H38FN5. The smallest absolute Gasteiger partial charge is 0.114 e. The summed E-state index contributed by atoms with van der Waals surface area (Å²) in [5, 5.41) is 9.95. The summed E-state index contributed by atoms with van der Waals surface area (Å²) >= 11 is 0. The van der Waals surface area contributed by atoms with Crippen LogP contribution in [0, 0.1) is 5.92 Å². The van der Waals surface area contributed by atoms with E-state index in [4.69, 9.17) is 5.73 Å². The van der Waals surface area contributed by atoms with Crippen LogP contribution in [0.25, 0.3) is 0 Å². The Hall–Kier alpha value is -1.50. The fraction of sp³-hybridized carbons (Fsp3) is 0.682. The van der Waals surface area contributed by atoms with E-state index in [1.807, 2.05) is 19.1 Å². The van der Waals surface area contributed by atoms with Gasteiger partial charge in [-0.15, -0.1) is 0 Å². The van der Waals surface area contributed by atoms with Gasteiger partial charge in [-0.25, -0.2) is 4.39 Å². The molecule has 2 heterocycles. The summed E-state index contributed by atoms with van der Waals surface area (Å²) in [6, 6.07) is 0. The quantitative estimate of drug-likeness (QED) is 0.262. The van der Waals surface area contributed by atoms with Gasteiger partial charge in [-0.1, -0.05) is 12.7 Å². The van der Waals surface area contributed by atoms with E-state index in [9.17, 15) is 4.39 Å². The Labute approximate surface area is 169 Å². The molecule has 0 saturated carbocycles. The lowest BCUT2D eigenvalue weighted by molar-refractivity contribution is 0.105. The van der Waals surface area contributed by atoms with Gasteiger partial charge >= 0.3 is 0 Å². The molecule has 0 aliphatic carbocycles. The maximum Gasteiger partial charge on any atom is 0.114 e. The van der Waals surface area contributed by atoms with Crippen molar-refractivity contribution in [1.82, 2.24) is 16.0 Å². The van der Waals surface area contributed by atoms with Crippen molar-refractivity contribution >= 4 is 5.71 Å². The monoisotopic (exact) mass is 391 g/mol. The first-order valence-corrected chi connectivity index (χ1v) is 10.7. The first-order valence-electron chi connectivity index (χ1n) is 10.7. The number of piperidine rings is 2. The van der Waals surface area contributed by atoms with Crippen molar-refractivity contribution in [3.63, 3.8) is 0 Å². The van der Waals surface area contributed by atoms with E-state index >= 15 is 0 Å². The Kier molecular flexibility index (Phi) is 9.88. The molecule has 0 spiro atoms. The predicted molar refractivity (Wildman–Crippen MR) is 118 cm³/mol. The first-order chi connectivity index (χ1) is 13.6. The van der Waals surface area contributed by atoms with Gasteiger partial charge in [0, 0.05) is 18.8 Å². The maximum atomic E-state index is 14.6. The average molecular weight is 392 g/mol. The summed E-state index contributed by atoms with van der Waals surface area (Å²) in [5.74, 6) is 0.471. The number of nitrogens with two attached hydrogens (primary N) is 1. The topological polar surface area (TPSA) is 74.5 Å². The van der Waals surface area contributed by atoms with Crippen LogP contribution in [0.1, 0.15) is 39.0 Å². The fourth-order valence-corrected chi connectivity index (χ4v) is 3.96. The summed E-state index contributed by atoms with van der Waals surface area (Å²) in [7, 11) is 0. The molecule has 5 N–H and O–H groups in total. The van der Waals surface area contributed by atoms with Crippen LogP contribution in [0.2, 0.25) is 0 Å². The van der Waals surface area contributed by atoms with Crippen LogP contribution in [0.4, 0.5) is 4.39 Å². The van der Waals surface area contributed by atoms with Gasteiger partial charge in [0.1, 0.15) is 5.67 Å². The van der Waals surface area contributed by atoms with Crippen LogP contribution in [-0.4, -0.2) is 57.2 Å². The Bertz CT molecular complexity index is 569. The molecule has 0 aromatic heterocycles. The molecule has 0 atom stereocenters. The SMILES string of the molecule is C=C(/C=C\C(CNCCC1(F)CCNCC1)=NCC)/C(=C\N)C1CCNCC1. The number of nitrogens with zero attached hydrogens (tertiary/aromatic N) is 1. The standard InChI is InChI=1S/C22H38FN5/c1-3-28-20(17-27-15-10-22(23)8-13-26-14-9-22)5-4-18(2)21(16-24)19-6-11-25-12-7-19/h4-5,16,19,25-27H,2-3,6-15,17,24H2,1H3/b5-4-,21-16+,28-20?. The molecule has 0 unspecified atom stereocenters. The molecule has 0 amide bonds. The molecule has 2 aliphatic rings. The number of allylic oxidation sites excluding steroid dienone is 3. The van der Waals surface area contributed by atoms with Gasteiger partial charge in [0.05, 0.1) is 0 Å². The summed E-state index contributed by atoms with van der Waals surface area (Å²) in [4.78, 5) is 4.56. The van der Waals surface area contributed by atoms with E-state index in [0.717, 1.165) is 62.4 Å². The molecule has 0 aromatic carbocycles. The van der Waals surface area contributed by atoms with Gasteiger partial charge in [-0.3, -0.25) is 4.99 Å². The third kappa shape index (κ3) is 7.49. The second kappa shape index (κ2) is 12.1. The minimum Gasteiger partial charge on any atom is -0.404 e. The van der Waals surface area contributed by atoms with Gasteiger partial charge in [0.2, 0.25) is 0 Å². The third-order valence-corrected chi connectivity index (χ3v) is 5.72. The normalized spacial score (nSPS) is 21.9. The maximum absolute atomic E-state index is 14.6. The number of alkyl halides is 1. The molecule has 0 radical (unpaired) electrons. The Morgan fingerprint density at radius 2 is 1.89 bits per heavy atom. The van der Waals surface area contributed by atoms with Crippen LogP contribution in [0.15, 0.2) is 41.1 Å². The zero-order valence-electron chi connectivity index (χ0n) is 17.4. The molecule has 5 nitrogen and oxygen atoms in total. The van der Waals surface area contributed by atoms with Gasteiger partial charge in [0.25, 0.3) is 0 Å². The number of hydrogen-bond acceptors (Lipinski definition) is 5. The summed E-state index contributed by atoms with van der Waals surface area (Å²) < 4.78 is 14.6. The summed E-state index contributed by atoms with van der Waals surface area (Å²) in [5.41, 5.74) is 7.91. The lowest BCUT2D eigenvalue weighted by Crippen LogP contribution is -2.40. The molecule has 2 rings (SSSR count). The van der Waals surface area contributed by atoms with Crippen LogP contribution < -0.4 is 21.7 Å². The fourth-order valence-electron chi connectivity index (χ4n) is 3.96. The highest BCUT2D eigenvalue weighted by atomic mass is 19.1. The molecular weight excluding hydrogens is 353 g/mol. The summed E-state index contributed by atoms with van der Waals surface area (Å²) in [6.07, 6.45) is 9.68. The lowest BCUT2D eigenvalue weighted by atomic mass is 9.86. The van der Waals surface area contributed by atoms with E-state index in [2.05, 4.69) is 27.5 Å². The minimum absolute atomic E-state index is 0.471. The molecule has 158 valence electrons. The lowest BCUT2D eigenvalue weighted by Gasteiger charge is -2.30. The van der Waals surface area contributed by atoms with Crippen LogP contribution >= 0.6 is 0 Å². The molecule has 2 aliphatic heterocycles. The van der Waals surface area contributed by atoms with Gasteiger partial charge in [0.15, 0.2) is 0 Å². The van der Waals surface area contributed by atoms with E-state index in [1.165, 1.54) is 0 Å². The van der Waals surface area contributed by atoms with Crippen LogP contribution in [-0.2, 0) is 0 Å². The van der Waals surface area contributed by atoms with Crippen molar-refractivity contribution in [2.24, 2.45) is 16.6 Å². The zero-order chi connectivity index (χ0) is 20.2. The Morgan fingerprint density at radius 1 is 1.21 bits per heavy atom. The highest BCUT2D eigenvalue weighted by molar-refractivity contribution is 5.97. The van der Waals surface area contributed by atoms with Crippen LogP contribution in [0.3, 0.4) is 0 Å². The van der Waals surface area contributed by atoms with Gasteiger partial charge in [-0.2, -0.15) is 0 Å². The summed E-state index contributed by atoms with van der Waals surface area (Å²) in [6.45, 7) is 11.9. The Morgan fingerprint density at radius 3 is 2.54 bits per heavy atom. The van der Waals surface area contributed by atoms with E-state index in [-0.39, 0.29) is 0 Å². The number of hydrogen-bond donors (Lipinski definition) is 4. The molecule has 0 aromatic rings. The highest BCUT2D eigenvalue weighted by Gasteiger charge is 2.30. The van der Waals surface area contributed by atoms with Crippen molar-refractivity contribution in [1.29, 1.82) is 0 Å². The molecule has 0 bridgehead atoms. The molecule has 6 heteroatoms. The highest BCUT2D eigenvalue weighted by Crippen LogP contribution is 2.27. The largest absolute Gasteiger partial charge is 0.404 e.